The van der Waals surface area contributed by atoms with Crippen LogP contribution in [-0.2, 0) is 11.2 Å². The molecule has 1 aliphatic rings. The van der Waals surface area contributed by atoms with Crippen molar-refractivity contribution in [2.45, 2.75) is 31.6 Å². The van der Waals surface area contributed by atoms with Crippen LogP contribution in [0.3, 0.4) is 0 Å². The fourth-order valence-electron chi connectivity index (χ4n) is 2.32. The lowest BCUT2D eigenvalue weighted by Gasteiger charge is -2.08. The summed E-state index contributed by atoms with van der Waals surface area (Å²) in [7, 11) is 0. The SMILES string of the molecule is O=C(O)CCc1ccc(-n2ncc(Br)c2C2CC2)cc1. The molecule has 1 saturated carbocycles. The molecule has 3 rings (SSSR count). The number of aliphatic carboxylic acids is 1. The van der Waals surface area contributed by atoms with Crippen LogP contribution in [0, 0.1) is 0 Å². The van der Waals surface area contributed by atoms with Gasteiger partial charge in [0.1, 0.15) is 0 Å². The topological polar surface area (TPSA) is 55.1 Å². The molecule has 0 amide bonds. The highest BCUT2D eigenvalue weighted by atomic mass is 79.9. The summed E-state index contributed by atoms with van der Waals surface area (Å²) in [5.74, 6) is -0.153. The van der Waals surface area contributed by atoms with Gasteiger partial charge in [0.2, 0.25) is 0 Å². The molecular weight excluding hydrogens is 320 g/mol. The summed E-state index contributed by atoms with van der Waals surface area (Å²) < 4.78 is 3.04. The van der Waals surface area contributed by atoms with Gasteiger partial charge in [-0.05, 0) is 52.9 Å². The van der Waals surface area contributed by atoms with Gasteiger partial charge in [0, 0.05) is 12.3 Å². The van der Waals surface area contributed by atoms with Crippen molar-refractivity contribution in [2.24, 2.45) is 0 Å². The second kappa shape index (κ2) is 5.40. The average molecular weight is 335 g/mol. The van der Waals surface area contributed by atoms with Gasteiger partial charge in [-0.15, -0.1) is 0 Å². The Morgan fingerprint density at radius 1 is 1.35 bits per heavy atom. The molecule has 2 aromatic rings. The number of nitrogens with zero attached hydrogens (tertiary/aromatic N) is 2. The van der Waals surface area contributed by atoms with Crippen molar-refractivity contribution in [1.29, 1.82) is 0 Å². The van der Waals surface area contributed by atoms with E-state index < -0.39 is 5.97 Å². The highest BCUT2D eigenvalue weighted by Gasteiger charge is 2.30. The lowest BCUT2D eigenvalue weighted by molar-refractivity contribution is -0.136. The third-order valence-electron chi connectivity index (χ3n) is 3.53. The van der Waals surface area contributed by atoms with Crippen LogP contribution in [-0.4, -0.2) is 20.9 Å². The zero-order valence-corrected chi connectivity index (χ0v) is 12.5. The lowest BCUT2D eigenvalue weighted by Crippen LogP contribution is -2.02. The highest BCUT2D eigenvalue weighted by molar-refractivity contribution is 9.10. The van der Waals surface area contributed by atoms with Crippen LogP contribution in [0.15, 0.2) is 34.9 Å². The standard InChI is InChI=1S/C15H15BrN2O2/c16-13-9-17-18(15(13)11-4-5-11)12-6-1-10(2-7-12)3-8-14(19)20/h1-2,6-7,9,11H,3-5,8H2,(H,19,20). The molecule has 1 aliphatic carbocycles. The maximum Gasteiger partial charge on any atom is 0.303 e. The fraction of sp³-hybridized carbons (Fsp3) is 0.333. The molecule has 1 fully saturated rings. The van der Waals surface area contributed by atoms with Crippen LogP contribution in [0.25, 0.3) is 5.69 Å². The largest absolute Gasteiger partial charge is 0.481 e. The number of halogens is 1. The average Bonchev–Trinajstić information content (AvgIpc) is 3.20. The molecule has 5 heteroatoms. The van der Waals surface area contributed by atoms with Gasteiger partial charge in [-0.2, -0.15) is 5.10 Å². The number of benzene rings is 1. The molecule has 1 aromatic heterocycles. The van der Waals surface area contributed by atoms with E-state index in [9.17, 15) is 4.79 Å². The minimum Gasteiger partial charge on any atom is -0.481 e. The second-order valence-corrected chi connectivity index (χ2v) is 5.98. The van der Waals surface area contributed by atoms with Crippen LogP contribution in [0.1, 0.15) is 36.4 Å². The molecule has 4 nitrogen and oxygen atoms in total. The smallest absolute Gasteiger partial charge is 0.303 e. The van der Waals surface area contributed by atoms with Crippen LogP contribution < -0.4 is 0 Å². The number of hydrogen-bond acceptors (Lipinski definition) is 2. The van der Waals surface area contributed by atoms with Gasteiger partial charge in [-0.3, -0.25) is 4.79 Å². The molecule has 0 radical (unpaired) electrons. The number of hydrogen-bond donors (Lipinski definition) is 1. The fourth-order valence-corrected chi connectivity index (χ4v) is 2.91. The predicted molar refractivity (Wildman–Crippen MR) is 79.2 cm³/mol. The number of carboxylic acids is 1. The Labute approximate surface area is 125 Å². The van der Waals surface area contributed by atoms with E-state index in [-0.39, 0.29) is 6.42 Å². The Hall–Kier alpha value is -1.62. The normalized spacial score (nSPS) is 14.4. The summed E-state index contributed by atoms with van der Waals surface area (Å²) >= 11 is 3.56. The Kier molecular flexibility index (Phi) is 3.61. The third kappa shape index (κ3) is 2.77. The predicted octanol–water partition coefficient (Wildman–Crippen LogP) is 3.53. The third-order valence-corrected chi connectivity index (χ3v) is 4.14. The monoisotopic (exact) mass is 334 g/mol. The second-order valence-electron chi connectivity index (χ2n) is 5.12. The molecule has 0 aliphatic heterocycles. The molecule has 0 atom stereocenters. The van der Waals surface area contributed by atoms with Gasteiger partial charge in [0.15, 0.2) is 0 Å². The van der Waals surface area contributed by atoms with Crippen molar-refractivity contribution in [3.63, 3.8) is 0 Å². The Balaban J connectivity index is 1.82. The summed E-state index contributed by atoms with van der Waals surface area (Å²) in [4.78, 5) is 10.6. The van der Waals surface area contributed by atoms with Gasteiger partial charge < -0.3 is 5.11 Å². The van der Waals surface area contributed by atoms with E-state index >= 15 is 0 Å². The van der Waals surface area contributed by atoms with E-state index in [1.165, 1.54) is 18.5 Å². The van der Waals surface area contributed by atoms with Crippen LogP contribution in [0.5, 0.6) is 0 Å². The van der Waals surface area contributed by atoms with Crippen molar-refractivity contribution >= 4 is 21.9 Å². The summed E-state index contributed by atoms with van der Waals surface area (Å²) in [6.07, 6.45) is 5.02. The number of aromatic nitrogens is 2. The molecule has 1 N–H and O–H groups in total. The molecule has 0 saturated heterocycles. The van der Waals surface area contributed by atoms with Crippen molar-refractivity contribution in [3.8, 4) is 5.69 Å². The van der Waals surface area contributed by atoms with E-state index in [2.05, 4.69) is 21.0 Å². The lowest BCUT2D eigenvalue weighted by atomic mass is 10.1. The van der Waals surface area contributed by atoms with E-state index in [1.54, 1.807) is 0 Å². The first-order chi connectivity index (χ1) is 9.65. The summed E-state index contributed by atoms with van der Waals surface area (Å²) in [5, 5.41) is 13.1. The Morgan fingerprint density at radius 2 is 2.05 bits per heavy atom. The number of carboxylic acid groups (broad SMARTS) is 1. The zero-order chi connectivity index (χ0) is 14.1. The molecule has 20 heavy (non-hydrogen) atoms. The minimum atomic E-state index is -0.763. The number of rotatable bonds is 5. The van der Waals surface area contributed by atoms with Crippen LogP contribution in [0.4, 0.5) is 0 Å². The van der Waals surface area contributed by atoms with Gasteiger partial charge in [-0.25, -0.2) is 4.68 Å². The molecule has 0 spiro atoms. The molecule has 104 valence electrons. The molecule has 1 aromatic carbocycles. The first-order valence-corrected chi connectivity index (χ1v) is 7.49. The van der Waals surface area contributed by atoms with E-state index in [4.69, 9.17) is 5.11 Å². The molecule has 0 bridgehead atoms. The van der Waals surface area contributed by atoms with Crippen molar-refractivity contribution in [1.82, 2.24) is 9.78 Å². The van der Waals surface area contributed by atoms with Gasteiger partial charge in [0.05, 0.1) is 22.1 Å². The van der Waals surface area contributed by atoms with E-state index in [0.29, 0.717) is 12.3 Å². The zero-order valence-electron chi connectivity index (χ0n) is 10.9. The quantitative estimate of drug-likeness (QED) is 0.909. The first kappa shape index (κ1) is 13.4. The van der Waals surface area contributed by atoms with Gasteiger partial charge >= 0.3 is 5.97 Å². The van der Waals surface area contributed by atoms with Gasteiger partial charge in [0.25, 0.3) is 0 Å². The van der Waals surface area contributed by atoms with Crippen molar-refractivity contribution in [3.05, 3.63) is 46.2 Å². The Morgan fingerprint density at radius 3 is 2.65 bits per heavy atom. The van der Waals surface area contributed by atoms with Crippen LogP contribution in [0.2, 0.25) is 0 Å². The van der Waals surface area contributed by atoms with E-state index in [1.807, 2.05) is 35.1 Å². The highest BCUT2D eigenvalue weighted by Crippen LogP contribution is 2.43. The summed E-state index contributed by atoms with van der Waals surface area (Å²) in [6, 6.07) is 7.96. The first-order valence-electron chi connectivity index (χ1n) is 6.69. The molecular formula is C15H15BrN2O2. The van der Waals surface area contributed by atoms with Crippen LogP contribution >= 0.6 is 15.9 Å². The van der Waals surface area contributed by atoms with E-state index in [0.717, 1.165) is 15.7 Å². The Bertz CT molecular complexity index is 630. The molecule has 1 heterocycles. The summed E-state index contributed by atoms with van der Waals surface area (Å²) in [6.45, 7) is 0. The maximum atomic E-state index is 10.6. The number of carbonyl (C=O) groups is 1. The minimum absolute atomic E-state index is 0.167. The summed E-state index contributed by atoms with van der Waals surface area (Å²) in [5.41, 5.74) is 3.30. The maximum absolute atomic E-state index is 10.6. The number of aryl methyl sites for hydroxylation is 1. The van der Waals surface area contributed by atoms with Gasteiger partial charge in [-0.1, -0.05) is 12.1 Å². The molecule has 0 unspecified atom stereocenters. The van der Waals surface area contributed by atoms with Crippen molar-refractivity contribution in [2.75, 3.05) is 0 Å². The van der Waals surface area contributed by atoms with Crippen molar-refractivity contribution < 1.29 is 9.90 Å².